The minimum Gasteiger partial charge on any atom is -0.336 e. The van der Waals surface area contributed by atoms with E-state index in [4.69, 9.17) is 11.6 Å². The molecule has 1 aromatic rings. The van der Waals surface area contributed by atoms with E-state index in [9.17, 15) is 17.6 Å². The molecule has 0 aliphatic carbocycles. The van der Waals surface area contributed by atoms with Crippen LogP contribution in [-0.4, -0.2) is 43.8 Å². The van der Waals surface area contributed by atoms with Crippen molar-refractivity contribution in [2.75, 3.05) is 24.6 Å². The molecule has 2 rings (SSSR count). The van der Waals surface area contributed by atoms with Gasteiger partial charge >= 0.3 is 0 Å². The lowest BCUT2D eigenvalue weighted by atomic mass is 10.2. The van der Waals surface area contributed by atoms with Gasteiger partial charge in [-0.1, -0.05) is 17.7 Å². The molecule has 0 aromatic heterocycles. The Balaban J connectivity index is 2.23. The summed E-state index contributed by atoms with van der Waals surface area (Å²) in [5.41, 5.74) is -0.196. The van der Waals surface area contributed by atoms with Gasteiger partial charge in [0.1, 0.15) is 5.82 Å². The number of rotatable bonds is 1. The minimum absolute atomic E-state index is 0.0356. The molecule has 7 heteroatoms. The maximum atomic E-state index is 13.6. The standard InChI is InChI=1S/C11H11ClFNO3S/c12-8-2-1-3-9(13)10(8)11(15)14-4-6-18(16,17)7-5-14/h1-3H,4-7H2. The summed E-state index contributed by atoms with van der Waals surface area (Å²) in [6, 6.07) is 3.99. The topological polar surface area (TPSA) is 54.5 Å². The zero-order chi connectivity index (χ0) is 13.3. The van der Waals surface area contributed by atoms with Crippen molar-refractivity contribution < 1.29 is 17.6 Å². The Morgan fingerprint density at radius 1 is 1.28 bits per heavy atom. The quantitative estimate of drug-likeness (QED) is 0.785. The van der Waals surface area contributed by atoms with E-state index < -0.39 is 21.6 Å². The lowest BCUT2D eigenvalue weighted by Gasteiger charge is -2.27. The molecule has 18 heavy (non-hydrogen) atoms. The molecule has 1 aliphatic heterocycles. The van der Waals surface area contributed by atoms with E-state index in [1.54, 1.807) is 0 Å². The molecule has 1 fully saturated rings. The Bertz CT molecular complexity index is 554. The third-order valence-electron chi connectivity index (χ3n) is 2.81. The molecule has 0 bridgehead atoms. The predicted molar refractivity (Wildman–Crippen MR) is 66.0 cm³/mol. The molecule has 0 unspecified atom stereocenters. The monoisotopic (exact) mass is 291 g/mol. The van der Waals surface area contributed by atoms with Crippen LogP contribution in [0.2, 0.25) is 5.02 Å². The Kier molecular flexibility index (Phi) is 3.59. The van der Waals surface area contributed by atoms with Crippen molar-refractivity contribution in [1.29, 1.82) is 0 Å². The summed E-state index contributed by atoms with van der Waals surface area (Å²) in [4.78, 5) is 13.4. The smallest absolute Gasteiger partial charge is 0.258 e. The van der Waals surface area contributed by atoms with Crippen LogP contribution in [0.4, 0.5) is 4.39 Å². The van der Waals surface area contributed by atoms with Crippen LogP contribution >= 0.6 is 11.6 Å². The van der Waals surface area contributed by atoms with Crippen LogP contribution in [-0.2, 0) is 9.84 Å². The van der Waals surface area contributed by atoms with Crippen LogP contribution in [0, 0.1) is 5.82 Å². The van der Waals surface area contributed by atoms with Crippen LogP contribution in [0.25, 0.3) is 0 Å². The molecule has 0 spiro atoms. The van der Waals surface area contributed by atoms with Crippen molar-refractivity contribution in [2.24, 2.45) is 0 Å². The Morgan fingerprint density at radius 3 is 2.44 bits per heavy atom. The zero-order valence-corrected chi connectivity index (χ0v) is 11.0. The molecular formula is C11H11ClFNO3S. The third kappa shape index (κ3) is 2.64. The fraction of sp³-hybridized carbons (Fsp3) is 0.364. The number of nitrogens with zero attached hydrogens (tertiary/aromatic N) is 1. The summed E-state index contributed by atoms with van der Waals surface area (Å²) >= 11 is 5.79. The maximum absolute atomic E-state index is 13.6. The molecule has 1 amide bonds. The summed E-state index contributed by atoms with van der Waals surface area (Å²) in [6.07, 6.45) is 0. The van der Waals surface area contributed by atoms with Gasteiger partial charge in [-0.2, -0.15) is 0 Å². The van der Waals surface area contributed by atoms with Crippen molar-refractivity contribution in [3.8, 4) is 0 Å². The number of carbonyl (C=O) groups is 1. The molecule has 4 nitrogen and oxygen atoms in total. The van der Waals surface area contributed by atoms with E-state index in [0.717, 1.165) is 6.07 Å². The highest BCUT2D eigenvalue weighted by molar-refractivity contribution is 7.91. The molecule has 1 aromatic carbocycles. The van der Waals surface area contributed by atoms with E-state index in [2.05, 4.69) is 0 Å². The number of hydrogen-bond acceptors (Lipinski definition) is 3. The second kappa shape index (κ2) is 4.85. The highest BCUT2D eigenvalue weighted by Crippen LogP contribution is 2.21. The van der Waals surface area contributed by atoms with Gasteiger partial charge in [-0.15, -0.1) is 0 Å². The minimum atomic E-state index is -3.07. The van der Waals surface area contributed by atoms with Gasteiger partial charge < -0.3 is 4.90 Å². The van der Waals surface area contributed by atoms with Gasteiger partial charge in [0.05, 0.1) is 22.1 Å². The fourth-order valence-corrected chi connectivity index (χ4v) is 3.22. The SMILES string of the molecule is O=C(c1c(F)cccc1Cl)N1CCS(=O)(=O)CC1. The molecule has 1 aliphatic rings. The van der Waals surface area contributed by atoms with Gasteiger partial charge in [0.15, 0.2) is 9.84 Å². The van der Waals surface area contributed by atoms with E-state index in [1.165, 1.54) is 17.0 Å². The average Bonchev–Trinajstić information content (AvgIpc) is 2.28. The summed E-state index contributed by atoms with van der Waals surface area (Å²) in [5.74, 6) is -1.44. The second-order valence-corrected chi connectivity index (χ2v) is 6.75. The van der Waals surface area contributed by atoms with Gasteiger partial charge in [0, 0.05) is 13.1 Å². The summed E-state index contributed by atoms with van der Waals surface area (Å²) in [6.45, 7) is 0.150. The first-order valence-corrected chi connectivity index (χ1v) is 7.54. The first-order valence-electron chi connectivity index (χ1n) is 5.34. The number of halogens is 2. The number of carbonyl (C=O) groups excluding carboxylic acids is 1. The van der Waals surface area contributed by atoms with Crippen molar-refractivity contribution in [1.82, 2.24) is 4.90 Å². The number of hydrogen-bond donors (Lipinski definition) is 0. The van der Waals surface area contributed by atoms with Crippen LogP contribution in [0.5, 0.6) is 0 Å². The molecule has 0 saturated carbocycles. The highest BCUT2D eigenvalue weighted by atomic mass is 35.5. The molecule has 0 atom stereocenters. The molecule has 98 valence electrons. The normalized spacial score (nSPS) is 18.7. The summed E-state index contributed by atoms with van der Waals surface area (Å²) < 4.78 is 36.1. The largest absolute Gasteiger partial charge is 0.336 e. The van der Waals surface area contributed by atoms with Crippen LogP contribution < -0.4 is 0 Å². The first-order chi connectivity index (χ1) is 8.41. The summed E-state index contributed by atoms with van der Waals surface area (Å²) in [7, 11) is -3.07. The van der Waals surface area contributed by atoms with Gasteiger partial charge in [0.2, 0.25) is 0 Å². The predicted octanol–water partition coefficient (Wildman–Crippen LogP) is 1.35. The lowest BCUT2D eigenvalue weighted by molar-refractivity contribution is 0.0766. The van der Waals surface area contributed by atoms with Crippen molar-refractivity contribution >= 4 is 27.3 Å². The second-order valence-electron chi connectivity index (χ2n) is 4.04. The third-order valence-corrected chi connectivity index (χ3v) is 4.73. The fourth-order valence-electron chi connectivity index (χ4n) is 1.78. The molecule has 1 saturated heterocycles. The van der Waals surface area contributed by atoms with E-state index in [-0.39, 0.29) is 35.2 Å². The van der Waals surface area contributed by atoms with Crippen molar-refractivity contribution in [2.45, 2.75) is 0 Å². The van der Waals surface area contributed by atoms with Gasteiger partial charge in [-0.25, -0.2) is 12.8 Å². The first kappa shape index (κ1) is 13.3. The number of amides is 1. The average molecular weight is 292 g/mol. The Hall–Kier alpha value is -1.14. The van der Waals surface area contributed by atoms with Crippen molar-refractivity contribution in [3.63, 3.8) is 0 Å². The van der Waals surface area contributed by atoms with Crippen LogP contribution in [0.3, 0.4) is 0 Å². The van der Waals surface area contributed by atoms with Gasteiger partial charge in [-0.05, 0) is 12.1 Å². The summed E-state index contributed by atoms with van der Waals surface area (Å²) in [5, 5.41) is 0.0356. The molecular weight excluding hydrogens is 281 g/mol. The molecule has 0 radical (unpaired) electrons. The Morgan fingerprint density at radius 2 is 1.89 bits per heavy atom. The van der Waals surface area contributed by atoms with E-state index >= 15 is 0 Å². The zero-order valence-electron chi connectivity index (χ0n) is 9.40. The van der Waals surface area contributed by atoms with Gasteiger partial charge in [-0.3, -0.25) is 4.79 Å². The maximum Gasteiger partial charge on any atom is 0.258 e. The lowest BCUT2D eigenvalue weighted by Crippen LogP contribution is -2.44. The van der Waals surface area contributed by atoms with Crippen LogP contribution in [0.1, 0.15) is 10.4 Å². The molecule has 0 N–H and O–H groups in total. The van der Waals surface area contributed by atoms with Crippen molar-refractivity contribution in [3.05, 3.63) is 34.6 Å². The van der Waals surface area contributed by atoms with Gasteiger partial charge in [0.25, 0.3) is 5.91 Å². The van der Waals surface area contributed by atoms with Crippen LogP contribution in [0.15, 0.2) is 18.2 Å². The molecule has 1 heterocycles. The number of benzene rings is 1. The van der Waals surface area contributed by atoms with E-state index in [0.29, 0.717) is 0 Å². The van der Waals surface area contributed by atoms with E-state index in [1.807, 2.05) is 0 Å². The highest BCUT2D eigenvalue weighted by Gasteiger charge is 2.28. The number of sulfone groups is 1. The Labute approximate surface area is 109 Å².